The minimum absolute atomic E-state index is 0.180. The van der Waals surface area contributed by atoms with E-state index in [-0.39, 0.29) is 11.5 Å². The summed E-state index contributed by atoms with van der Waals surface area (Å²) in [5, 5.41) is 2.93. The minimum Gasteiger partial charge on any atom is -0.497 e. The molecule has 1 aromatic rings. The zero-order valence-corrected chi connectivity index (χ0v) is 14.9. The van der Waals surface area contributed by atoms with Gasteiger partial charge in [0.25, 0.3) is 0 Å². The quantitative estimate of drug-likeness (QED) is 0.879. The van der Waals surface area contributed by atoms with Gasteiger partial charge >= 0.3 is 6.09 Å². The molecule has 0 bridgehead atoms. The largest absolute Gasteiger partial charge is 0.497 e. The van der Waals surface area contributed by atoms with Crippen LogP contribution in [0.2, 0.25) is 0 Å². The monoisotopic (exact) mass is 331 g/mol. The summed E-state index contributed by atoms with van der Waals surface area (Å²) in [5.74, 6) is 1.66. The molecule has 3 rings (SSSR count). The van der Waals surface area contributed by atoms with E-state index in [1.807, 2.05) is 6.92 Å². The number of carbonyl (C=O) groups is 1. The molecule has 0 spiro atoms. The molecule has 1 unspecified atom stereocenters. The van der Waals surface area contributed by atoms with Gasteiger partial charge in [-0.15, -0.1) is 0 Å². The van der Waals surface area contributed by atoms with Crippen molar-refractivity contribution in [2.24, 2.45) is 5.92 Å². The fourth-order valence-electron chi connectivity index (χ4n) is 4.81. The summed E-state index contributed by atoms with van der Waals surface area (Å²) in [6, 6.07) is 6.56. The number of methoxy groups -OCH3 is 1. The van der Waals surface area contributed by atoms with Crippen LogP contribution < -0.4 is 10.1 Å². The number of nitrogens with one attached hydrogen (secondary N) is 1. The van der Waals surface area contributed by atoms with Crippen molar-refractivity contribution in [2.75, 3.05) is 20.3 Å². The number of rotatable bonds is 5. The van der Waals surface area contributed by atoms with E-state index in [2.05, 4.69) is 23.5 Å². The SMILES string of the molecule is CCOC(=O)NCC[C@@]12CCCCC1CCc1ccc(OC)cc12. The zero-order valence-electron chi connectivity index (χ0n) is 14.9. The smallest absolute Gasteiger partial charge is 0.407 e. The highest BCUT2D eigenvalue weighted by Gasteiger charge is 2.45. The average Bonchev–Trinajstić information content (AvgIpc) is 2.61. The minimum atomic E-state index is -0.303. The molecule has 1 amide bonds. The molecule has 0 aromatic heterocycles. The molecule has 1 saturated carbocycles. The maximum Gasteiger partial charge on any atom is 0.407 e. The van der Waals surface area contributed by atoms with Gasteiger partial charge in [0.2, 0.25) is 0 Å². The first-order valence-corrected chi connectivity index (χ1v) is 9.27. The lowest BCUT2D eigenvalue weighted by atomic mass is 9.56. The lowest BCUT2D eigenvalue weighted by molar-refractivity contribution is 0.135. The predicted octanol–water partition coefficient (Wildman–Crippen LogP) is 4.21. The Morgan fingerprint density at radius 2 is 2.21 bits per heavy atom. The molecule has 1 aromatic carbocycles. The summed E-state index contributed by atoms with van der Waals surface area (Å²) in [7, 11) is 1.73. The normalized spacial score (nSPS) is 25.3. The van der Waals surface area contributed by atoms with Gasteiger partial charge in [-0.3, -0.25) is 0 Å². The third-order valence-electron chi connectivity index (χ3n) is 5.94. The number of benzene rings is 1. The van der Waals surface area contributed by atoms with Gasteiger partial charge < -0.3 is 14.8 Å². The molecule has 4 heteroatoms. The van der Waals surface area contributed by atoms with Gasteiger partial charge in [-0.05, 0) is 68.2 Å². The van der Waals surface area contributed by atoms with Gasteiger partial charge in [-0.25, -0.2) is 4.79 Å². The standard InChI is InChI=1S/C20H29NO3/c1-3-24-19(22)21-13-12-20-11-5-4-6-16(20)9-7-15-8-10-17(23-2)14-18(15)20/h8,10,14,16H,3-7,9,11-13H2,1-2H3,(H,21,22)/t16?,20-/m0/s1. The molecule has 1 N–H and O–H groups in total. The summed E-state index contributed by atoms with van der Waals surface area (Å²) in [6.07, 6.45) is 8.22. The summed E-state index contributed by atoms with van der Waals surface area (Å²) >= 11 is 0. The highest BCUT2D eigenvalue weighted by molar-refractivity contribution is 5.67. The van der Waals surface area contributed by atoms with Gasteiger partial charge in [-0.1, -0.05) is 18.9 Å². The molecule has 2 aliphatic rings. The maximum atomic E-state index is 11.6. The van der Waals surface area contributed by atoms with Crippen molar-refractivity contribution in [1.82, 2.24) is 5.32 Å². The van der Waals surface area contributed by atoms with Crippen LogP contribution in [0, 0.1) is 5.92 Å². The van der Waals surface area contributed by atoms with Gasteiger partial charge in [0, 0.05) is 12.0 Å². The Morgan fingerprint density at radius 1 is 1.33 bits per heavy atom. The number of amides is 1. The number of aryl methyl sites for hydroxylation is 1. The Bertz CT molecular complexity index is 586. The first kappa shape index (κ1) is 17.1. The van der Waals surface area contributed by atoms with E-state index in [9.17, 15) is 4.79 Å². The molecule has 24 heavy (non-hydrogen) atoms. The predicted molar refractivity (Wildman–Crippen MR) is 94.6 cm³/mol. The molecular formula is C20H29NO3. The highest BCUT2D eigenvalue weighted by Crippen LogP contribution is 2.52. The number of carbonyl (C=O) groups excluding carboxylic acids is 1. The van der Waals surface area contributed by atoms with Crippen LogP contribution in [0.5, 0.6) is 5.75 Å². The van der Waals surface area contributed by atoms with Crippen LogP contribution in [0.25, 0.3) is 0 Å². The van der Waals surface area contributed by atoms with E-state index >= 15 is 0 Å². The van der Waals surface area contributed by atoms with Crippen molar-refractivity contribution in [1.29, 1.82) is 0 Å². The van der Waals surface area contributed by atoms with E-state index < -0.39 is 0 Å². The van der Waals surface area contributed by atoms with Crippen LogP contribution >= 0.6 is 0 Å². The van der Waals surface area contributed by atoms with Crippen molar-refractivity contribution in [2.45, 2.75) is 57.3 Å². The Balaban J connectivity index is 1.84. The van der Waals surface area contributed by atoms with Crippen molar-refractivity contribution in [3.63, 3.8) is 0 Å². The van der Waals surface area contributed by atoms with Crippen molar-refractivity contribution >= 4 is 6.09 Å². The zero-order chi connectivity index (χ0) is 17.0. The molecule has 4 nitrogen and oxygen atoms in total. The average molecular weight is 331 g/mol. The van der Waals surface area contributed by atoms with E-state index in [1.165, 1.54) is 43.2 Å². The molecule has 0 saturated heterocycles. The number of fused-ring (bicyclic) bond motifs is 3. The lowest BCUT2D eigenvalue weighted by Crippen LogP contribution is -2.44. The molecular weight excluding hydrogens is 302 g/mol. The lowest BCUT2D eigenvalue weighted by Gasteiger charge is -2.49. The number of hydrogen-bond acceptors (Lipinski definition) is 3. The van der Waals surface area contributed by atoms with Crippen molar-refractivity contribution in [3.05, 3.63) is 29.3 Å². The number of ether oxygens (including phenoxy) is 2. The van der Waals surface area contributed by atoms with Crippen molar-refractivity contribution in [3.8, 4) is 5.75 Å². The van der Waals surface area contributed by atoms with Gasteiger partial charge in [-0.2, -0.15) is 0 Å². The topological polar surface area (TPSA) is 47.6 Å². The second-order valence-electron chi connectivity index (χ2n) is 7.06. The van der Waals surface area contributed by atoms with Crippen LogP contribution in [-0.4, -0.2) is 26.4 Å². The molecule has 0 radical (unpaired) electrons. The third-order valence-corrected chi connectivity index (χ3v) is 5.94. The maximum absolute atomic E-state index is 11.6. The molecule has 2 aliphatic carbocycles. The first-order valence-electron chi connectivity index (χ1n) is 9.27. The van der Waals surface area contributed by atoms with Crippen molar-refractivity contribution < 1.29 is 14.3 Å². The van der Waals surface area contributed by atoms with Crippen LogP contribution in [-0.2, 0) is 16.6 Å². The Morgan fingerprint density at radius 3 is 3.00 bits per heavy atom. The Kier molecular flexibility index (Phi) is 5.32. The van der Waals surface area contributed by atoms with Gasteiger partial charge in [0.15, 0.2) is 0 Å². The molecule has 132 valence electrons. The number of alkyl carbamates (subject to hydrolysis) is 1. The van der Waals surface area contributed by atoms with Crippen LogP contribution in [0.4, 0.5) is 4.79 Å². The van der Waals surface area contributed by atoms with Crippen LogP contribution in [0.1, 0.15) is 56.6 Å². The van der Waals surface area contributed by atoms with E-state index in [4.69, 9.17) is 9.47 Å². The fraction of sp³-hybridized carbons (Fsp3) is 0.650. The number of hydrogen-bond donors (Lipinski definition) is 1. The Labute approximate surface area is 144 Å². The second kappa shape index (κ2) is 7.45. The van der Waals surface area contributed by atoms with Gasteiger partial charge in [0.05, 0.1) is 13.7 Å². The van der Waals surface area contributed by atoms with Crippen LogP contribution in [0.3, 0.4) is 0 Å². The van der Waals surface area contributed by atoms with Crippen LogP contribution in [0.15, 0.2) is 18.2 Å². The van der Waals surface area contributed by atoms with Gasteiger partial charge in [0.1, 0.15) is 5.75 Å². The first-order chi connectivity index (χ1) is 11.7. The summed E-state index contributed by atoms with van der Waals surface area (Å²) < 4.78 is 10.5. The molecule has 1 fully saturated rings. The summed E-state index contributed by atoms with van der Waals surface area (Å²) in [4.78, 5) is 11.6. The second-order valence-corrected chi connectivity index (χ2v) is 7.06. The van der Waals surface area contributed by atoms with E-state index in [1.54, 1.807) is 7.11 Å². The fourth-order valence-corrected chi connectivity index (χ4v) is 4.81. The molecule has 0 heterocycles. The molecule has 0 aliphatic heterocycles. The Hall–Kier alpha value is -1.71. The summed E-state index contributed by atoms with van der Waals surface area (Å²) in [6.45, 7) is 2.92. The third kappa shape index (κ3) is 3.24. The summed E-state index contributed by atoms with van der Waals surface area (Å²) in [5.41, 5.74) is 3.11. The molecule has 2 atom stereocenters. The highest BCUT2D eigenvalue weighted by atomic mass is 16.5. The van der Waals surface area contributed by atoms with E-state index in [0.717, 1.165) is 24.5 Å². The van der Waals surface area contributed by atoms with E-state index in [0.29, 0.717) is 13.2 Å².